The predicted octanol–water partition coefficient (Wildman–Crippen LogP) is 3.01. The number of para-hydroxylation sites is 1. The highest BCUT2D eigenvalue weighted by molar-refractivity contribution is 6.05. The summed E-state index contributed by atoms with van der Waals surface area (Å²) in [5, 5.41) is 5.56. The number of anilines is 1. The lowest BCUT2D eigenvalue weighted by atomic mass is 9.85. The quantitative estimate of drug-likeness (QED) is 0.665. The lowest BCUT2D eigenvalue weighted by Crippen LogP contribution is -2.52. The minimum Gasteiger partial charge on any atom is -0.388 e. The number of imide groups is 1. The molecule has 2 aromatic carbocycles. The highest BCUT2D eigenvalue weighted by atomic mass is 19.1. The number of fused-ring (bicyclic) bond motifs is 1. The molecule has 0 spiro atoms. The van der Waals surface area contributed by atoms with Crippen molar-refractivity contribution < 1.29 is 18.8 Å². The molecule has 0 aromatic heterocycles. The summed E-state index contributed by atoms with van der Waals surface area (Å²) in [6.07, 6.45) is 2.26. The summed E-state index contributed by atoms with van der Waals surface area (Å²) >= 11 is 0. The van der Waals surface area contributed by atoms with Crippen LogP contribution in [0.25, 0.3) is 0 Å². The van der Waals surface area contributed by atoms with Crippen molar-refractivity contribution in [3.63, 3.8) is 0 Å². The summed E-state index contributed by atoms with van der Waals surface area (Å²) in [6, 6.07) is 10.4. The molecule has 7 nitrogen and oxygen atoms in total. The van der Waals surface area contributed by atoms with E-state index in [0.29, 0.717) is 12.0 Å². The zero-order chi connectivity index (χ0) is 23.8. The van der Waals surface area contributed by atoms with E-state index in [1.807, 2.05) is 19.2 Å². The Kier molecular flexibility index (Phi) is 6.08. The normalized spacial score (nSPS) is 21.5. The van der Waals surface area contributed by atoms with E-state index in [2.05, 4.69) is 27.7 Å². The number of halogens is 1. The Hall–Kier alpha value is -3.26. The van der Waals surface area contributed by atoms with E-state index in [9.17, 15) is 18.8 Å². The van der Waals surface area contributed by atoms with Gasteiger partial charge in [-0.3, -0.25) is 24.6 Å². The third kappa shape index (κ3) is 4.18. The van der Waals surface area contributed by atoms with E-state index in [0.717, 1.165) is 49.3 Å². The number of nitrogens with zero attached hydrogens (tertiary/aromatic N) is 2. The van der Waals surface area contributed by atoms with Crippen LogP contribution in [0.1, 0.15) is 58.6 Å². The van der Waals surface area contributed by atoms with E-state index in [1.165, 1.54) is 16.5 Å². The summed E-state index contributed by atoms with van der Waals surface area (Å²) in [7, 11) is 1.93. The van der Waals surface area contributed by atoms with Gasteiger partial charge >= 0.3 is 0 Å². The molecule has 0 bridgehead atoms. The average molecular weight is 465 g/mol. The monoisotopic (exact) mass is 464 g/mol. The molecular weight excluding hydrogens is 435 g/mol. The molecule has 3 heterocycles. The van der Waals surface area contributed by atoms with Crippen LogP contribution in [0, 0.1) is 5.82 Å². The van der Waals surface area contributed by atoms with E-state index < -0.39 is 17.8 Å². The van der Waals surface area contributed by atoms with Gasteiger partial charge in [0, 0.05) is 37.8 Å². The lowest BCUT2D eigenvalue weighted by molar-refractivity contribution is -0.136. The SMILES string of the molecule is CNc1ccccc1CN1CCC(c2cc(F)cc3c2CN(C2CCC(=O)NC2=O)C3=O)CC1. The van der Waals surface area contributed by atoms with Crippen molar-refractivity contribution in [1.82, 2.24) is 15.1 Å². The van der Waals surface area contributed by atoms with Gasteiger partial charge in [0.2, 0.25) is 11.8 Å². The molecular formula is C26H29FN4O3. The first-order chi connectivity index (χ1) is 16.4. The summed E-state index contributed by atoms with van der Waals surface area (Å²) in [4.78, 5) is 40.9. The Morgan fingerprint density at radius 1 is 1.09 bits per heavy atom. The van der Waals surface area contributed by atoms with Crippen molar-refractivity contribution in [3.8, 4) is 0 Å². The second kappa shape index (κ2) is 9.18. The number of likely N-dealkylation sites (tertiary alicyclic amines) is 1. The minimum absolute atomic E-state index is 0.162. The number of rotatable bonds is 5. The number of carbonyl (C=O) groups is 3. The Bertz CT molecular complexity index is 1140. The van der Waals surface area contributed by atoms with Crippen LogP contribution < -0.4 is 10.6 Å². The summed E-state index contributed by atoms with van der Waals surface area (Å²) in [6.45, 7) is 2.91. The van der Waals surface area contributed by atoms with Crippen LogP contribution in [0.15, 0.2) is 36.4 Å². The number of nitrogens with one attached hydrogen (secondary N) is 2. The molecule has 1 unspecified atom stereocenters. The molecule has 0 aliphatic carbocycles. The first kappa shape index (κ1) is 22.5. The molecule has 0 radical (unpaired) electrons. The topological polar surface area (TPSA) is 81.8 Å². The first-order valence-corrected chi connectivity index (χ1v) is 11.9. The molecule has 5 rings (SSSR count). The number of hydrogen-bond donors (Lipinski definition) is 2. The lowest BCUT2D eigenvalue weighted by Gasteiger charge is -2.33. The van der Waals surface area contributed by atoms with Crippen LogP contribution in [0.2, 0.25) is 0 Å². The second-order valence-corrected chi connectivity index (χ2v) is 9.38. The summed E-state index contributed by atoms with van der Waals surface area (Å²) < 4.78 is 14.6. The van der Waals surface area contributed by atoms with Crippen molar-refractivity contribution >= 4 is 23.4 Å². The van der Waals surface area contributed by atoms with Gasteiger partial charge in [0.15, 0.2) is 0 Å². The van der Waals surface area contributed by atoms with Crippen molar-refractivity contribution in [2.24, 2.45) is 0 Å². The molecule has 8 heteroatoms. The van der Waals surface area contributed by atoms with Crippen LogP contribution >= 0.6 is 0 Å². The van der Waals surface area contributed by atoms with Crippen LogP contribution in [-0.4, -0.2) is 53.7 Å². The maximum Gasteiger partial charge on any atom is 0.255 e. The third-order valence-corrected chi connectivity index (χ3v) is 7.36. The van der Waals surface area contributed by atoms with Crippen molar-refractivity contribution in [1.29, 1.82) is 0 Å². The van der Waals surface area contributed by atoms with Crippen LogP contribution in [0.3, 0.4) is 0 Å². The molecule has 2 saturated heterocycles. The molecule has 2 aromatic rings. The number of hydrogen-bond acceptors (Lipinski definition) is 5. The van der Waals surface area contributed by atoms with E-state index in [-0.39, 0.29) is 30.7 Å². The zero-order valence-corrected chi connectivity index (χ0v) is 19.3. The van der Waals surface area contributed by atoms with Crippen molar-refractivity contribution in [3.05, 3.63) is 64.5 Å². The van der Waals surface area contributed by atoms with Gasteiger partial charge in [-0.05, 0) is 73.2 Å². The minimum atomic E-state index is -0.692. The maximum absolute atomic E-state index is 14.6. The number of carbonyl (C=O) groups excluding carboxylic acids is 3. The summed E-state index contributed by atoms with van der Waals surface area (Å²) in [5.41, 5.74) is 4.44. The summed E-state index contributed by atoms with van der Waals surface area (Å²) in [5.74, 6) is -1.35. The zero-order valence-electron chi connectivity index (χ0n) is 19.3. The van der Waals surface area contributed by atoms with E-state index >= 15 is 0 Å². The predicted molar refractivity (Wildman–Crippen MR) is 126 cm³/mol. The Morgan fingerprint density at radius 3 is 2.59 bits per heavy atom. The Balaban J connectivity index is 1.31. The third-order valence-electron chi connectivity index (χ3n) is 7.36. The highest BCUT2D eigenvalue weighted by Crippen LogP contribution is 2.38. The molecule has 1 atom stereocenters. The molecule has 3 amide bonds. The van der Waals surface area contributed by atoms with Gasteiger partial charge in [-0.2, -0.15) is 0 Å². The fourth-order valence-electron chi connectivity index (χ4n) is 5.56. The largest absolute Gasteiger partial charge is 0.388 e. The standard InChI is InChI=1S/C26H29FN4O3/c1-28-22-5-3-2-4-17(22)14-30-10-8-16(9-11-30)19-12-18(27)13-20-21(19)15-31(26(20)34)23-6-7-24(32)29-25(23)33/h2-5,12-13,16,23,28H,6-11,14-15H2,1H3,(H,29,32,33). The molecule has 3 aliphatic heterocycles. The van der Waals surface area contributed by atoms with Gasteiger partial charge in [0.1, 0.15) is 11.9 Å². The van der Waals surface area contributed by atoms with Crippen molar-refractivity contribution in [2.45, 2.75) is 50.7 Å². The number of amides is 3. The molecule has 34 heavy (non-hydrogen) atoms. The molecule has 178 valence electrons. The number of piperidine rings is 2. The van der Waals surface area contributed by atoms with Gasteiger partial charge in [0.05, 0.1) is 0 Å². The maximum atomic E-state index is 14.6. The van der Waals surface area contributed by atoms with Gasteiger partial charge < -0.3 is 10.2 Å². The highest BCUT2D eigenvalue weighted by Gasteiger charge is 2.41. The van der Waals surface area contributed by atoms with E-state index in [4.69, 9.17) is 0 Å². The van der Waals surface area contributed by atoms with Crippen molar-refractivity contribution in [2.75, 3.05) is 25.5 Å². The van der Waals surface area contributed by atoms with Gasteiger partial charge in [0.25, 0.3) is 5.91 Å². The fourth-order valence-corrected chi connectivity index (χ4v) is 5.56. The molecule has 3 aliphatic rings. The Labute approximate surface area is 198 Å². The number of benzene rings is 2. The van der Waals surface area contributed by atoms with Crippen LogP contribution in [-0.2, 0) is 22.7 Å². The smallest absolute Gasteiger partial charge is 0.255 e. The second-order valence-electron chi connectivity index (χ2n) is 9.38. The first-order valence-electron chi connectivity index (χ1n) is 11.9. The van der Waals surface area contributed by atoms with Gasteiger partial charge in [-0.1, -0.05) is 18.2 Å². The molecule has 2 N–H and O–H groups in total. The molecule has 0 saturated carbocycles. The fraction of sp³-hybridized carbons (Fsp3) is 0.423. The van der Waals surface area contributed by atoms with Crippen LogP contribution in [0.4, 0.5) is 10.1 Å². The average Bonchev–Trinajstić information content (AvgIpc) is 3.15. The van der Waals surface area contributed by atoms with Gasteiger partial charge in [-0.15, -0.1) is 0 Å². The van der Waals surface area contributed by atoms with Crippen LogP contribution in [0.5, 0.6) is 0 Å². The van der Waals surface area contributed by atoms with E-state index in [1.54, 1.807) is 6.07 Å². The molecule has 2 fully saturated rings. The Morgan fingerprint density at radius 2 is 1.85 bits per heavy atom. The van der Waals surface area contributed by atoms with Gasteiger partial charge in [-0.25, -0.2) is 4.39 Å².